The van der Waals surface area contributed by atoms with Gasteiger partial charge in [0.05, 0.1) is 0 Å². The predicted molar refractivity (Wildman–Crippen MR) is 73.2 cm³/mol. The minimum atomic E-state index is -0.663. The normalized spacial score (nSPS) is 18.2. The first kappa shape index (κ1) is 13.9. The molecule has 0 spiro atoms. The number of piperazine rings is 1. The molecule has 2 N–H and O–H groups in total. The van der Waals surface area contributed by atoms with Gasteiger partial charge in [0.2, 0.25) is 0 Å². The van der Waals surface area contributed by atoms with Crippen LogP contribution in [0.1, 0.15) is 12.8 Å². The third-order valence-corrected chi connectivity index (χ3v) is 3.81. The molecule has 1 aliphatic heterocycles. The summed E-state index contributed by atoms with van der Waals surface area (Å²) in [7, 11) is -0.663. The third kappa shape index (κ3) is 5.77. The van der Waals surface area contributed by atoms with Gasteiger partial charge >= 0.3 is 0 Å². The van der Waals surface area contributed by atoms with Crippen LogP contribution in [-0.2, 0) is 10.8 Å². The molecule has 0 aromatic heterocycles. The second kappa shape index (κ2) is 7.97. The second-order valence-electron chi connectivity index (χ2n) is 3.95. The fourth-order valence-electron chi connectivity index (χ4n) is 1.61. The second-order valence-corrected chi connectivity index (χ2v) is 5.89. The van der Waals surface area contributed by atoms with Crippen molar-refractivity contribution in [2.24, 2.45) is 0 Å². The summed E-state index contributed by atoms with van der Waals surface area (Å²) in [6.45, 7) is 4.89. The van der Waals surface area contributed by atoms with Crippen molar-refractivity contribution in [3.05, 3.63) is 0 Å². The van der Waals surface area contributed by atoms with Gasteiger partial charge in [-0.2, -0.15) is 0 Å². The van der Waals surface area contributed by atoms with Gasteiger partial charge in [-0.3, -0.25) is 4.21 Å². The monoisotopic (exact) mass is 263 g/mol. The molecule has 1 saturated heterocycles. The topological polar surface area (TPSA) is 44.4 Å². The van der Waals surface area contributed by atoms with Gasteiger partial charge in [0, 0.05) is 55.5 Å². The van der Waals surface area contributed by atoms with Crippen molar-refractivity contribution in [3.8, 4) is 0 Å². The molecule has 1 unspecified atom stereocenters. The van der Waals surface area contributed by atoms with Gasteiger partial charge in [-0.15, -0.1) is 0 Å². The van der Waals surface area contributed by atoms with Gasteiger partial charge in [-0.25, -0.2) is 0 Å². The molecule has 94 valence electrons. The maximum absolute atomic E-state index is 10.8. The summed E-state index contributed by atoms with van der Waals surface area (Å²) in [5.74, 6) is 0.794. The van der Waals surface area contributed by atoms with E-state index in [9.17, 15) is 4.21 Å². The lowest BCUT2D eigenvalue weighted by molar-refractivity contribution is 0.352. The molecule has 0 aliphatic carbocycles. The van der Waals surface area contributed by atoms with Crippen molar-refractivity contribution in [1.82, 2.24) is 15.5 Å². The maximum Gasteiger partial charge on any atom is 0.169 e. The van der Waals surface area contributed by atoms with Gasteiger partial charge in [0.1, 0.15) is 0 Å². The summed E-state index contributed by atoms with van der Waals surface area (Å²) in [6, 6.07) is 0. The molecular weight excluding hydrogens is 242 g/mol. The van der Waals surface area contributed by atoms with Crippen LogP contribution >= 0.6 is 12.2 Å². The number of unbranched alkanes of at least 4 members (excludes halogenated alkanes) is 1. The lowest BCUT2D eigenvalue weighted by Gasteiger charge is -2.29. The molecule has 1 rings (SSSR count). The van der Waals surface area contributed by atoms with Crippen LogP contribution in [0.15, 0.2) is 0 Å². The van der Waals surface area contributed by atoms with Crippen molar-refractivity contribution >= 4 is 28.1 Å². The van der Waals surface area contributed by atoms with Crippen molar-refractivity contribution < 1.29 is 4.21 Å². The lowest BCUT2D eigenvalue weighted by Crippen LogP contribution is -2.50. The third-order valence-electron chi connectivity index (χ3n) is 2.54. The molecule has 6 heteroatoms. The Balaban J connectivity index is 2.03. The SMILES string of the molecule is CS(=O)CCCCNC(=S)N1CCNCC1. The molecule has 1 aliphatic rings. The van der Waals surface area contributed by atoms with E-state index in [-0.39, 0.29) is 0 Å². The number of hydrogen-bond donors (Lipinski definition) is 2. The van der Waals surface area contributed by atoms with Crippen molar-refractivity contribution in [1.29, 1.82) is 0 Å². The summed E-state index contributed by atoms with van der Waals surface area (Å²) in [5.41, 5.74) is 0. The van der Waals surface area contributed by atoms with E-state index >= 15 is 0 Å². The molecule has 0 saturated carbocycles. The van der Waals surface area contributed by atoms with Crippen LogP contribution in [0.3, 0.4) is 0 Å². The van der Waals surface area contributed by atoms with Gasteiger partial charge in [-0.05, 0) is 25.1 Å². The van der Waals surface area contributed by atoms with Gasteiger partial charge in [-0.1, -0.05) is 0 Å². The van der Waals surface area contributed by atoms with E-state index in [1.165, 1.54) is 0 Å². The van der Waals surface area contributed by atoms with E-state index in [4.69, 9.17) is 12.2 Å². The fraction of sp³-hybridized carbons (Fsp3) is 0.900. The molecule has 16 heavy (non-hydrogen) atoms. The number of hydrogen-bond acceptors (Lipinski definition) is 3. The smallest absolute Gasteiger partial charge is 0.169 e. The molecule has 0 aromatic rings. The van der Waals surface area contributed by atoms with Crippen molar-refractivity contribution in [2.45, 2.75) is 12.8 Å². The highest BCUT2D eigenvalue weighted by Crippen LogP contribution is 1.95. The van der Waals surface area contributed by atoms with Gasteiger partial charge < -0.3 is 15.5 Å². The highest BCUT2D eigenvalue weighted by atomic mass is 32.2. The number of rotatable bonds is 5. The maximum atomic E-state index is 10.8. The fourth-order valence-corrected chi connectivity index (χ4v) is 2.50. The Kier molecular flexibility index (Phi) is 6.91. The molecule has 4 nitrogen and oxygen atoms in total. The van der Waals surface area contributed by atoms with Crippen LogP contribution in [0, 0.1) is 0 Å². The molecule has 1 heterocycles. The van der Waals surface area contributed by atoms with E-state index in [0.29, 0.717) is 0 Å². The van der Waals surface area contributed by atoms with Crippen molar-refractivity contribution in [2.75, 3.05) is 44.7 Å². The molecule has 0 amide bonds. The summed E-state index contributed by atoms with van der Waals surface area (Å²) in [5, 5.41) is 7.41. The average Bonchev–Trinajstić information content (AvgIpc) is 2.29. The Morgan fingerprint density at radius 1 is 1.44 bits per heavy atom. The zero-order valence-electron chi connectivity index (χ0n) is 9.83. The summed E-state index contributed by atoms with van der Waals surface area (Å²) >= 11 is 5.30. The Labute approximate surface area is 106 Å². The molecule has 0 aromatic carbocycles. The largest absolute Gasteiger partial charge is 0.363 e. The summed E-state index contributed by atoms with van der Waals surface area (Å²) < 4.78 is 10.8. The number of nitrogens with one attached hydrogen (secondary N) is 2. The minimum Gasteiger partial charge on any atom is -0.363 e. The van der Waals surface area contributed by atoms with E-state index in [1.54, 1.807) is 6.26 Å². The average molecular weight is 263 g/mol. The first-order valence-corrected chi connectivity index (χ1v) is 7.87. The van der Waals surface area contributed by atoms with Crippen LogP contribution in [0.5, 0.6) is 0 Å². The van der Waals surface area contributed by atoms with E-state index in [1.807, 2.05) is 0 Å². The molecule has 0 bridgehead atoms. The first-order valence-electron chi connectivity index (χ1n) is 5.73. The quantitative estimate of drug-likeness (QED) is 0.537. The van der Waals surface area contributed by atoms with E-state index in [2.05, 4.69) is 15.5 Å². The van der Waals surface area contributed by atoms with Crippen LogP contribution in [-0.4, -0.2) is 59.0 Å². The van der Waals surface area contributed by atoms with E-state index in [0.717, 1.165) is 56.4 Å². The highest BCUT2D eigenvalue weighted by Gasteiger charge is 2.11. The lowest BCUT2D eigenvalue weighted by atomic mass is 10.3. The highest BCUT2D eigenvalue weighted by molar-refractivity contribution is 7.84. The van der Waals surface area contributed by atoms with Crippen molar-refractivity contribution in [3.63, 3.8) is 0 Å². The van der Waals surface area contributed by atoms with Gasteiger partial charge in [0.15, 0.2) is 5.11 Å². The Morgan fingerprint density at radius 2 is 2.12 bits per heavy atom. The molecule has 0 radical (unpaired) electrons. The van der Waals surface area contributed by atoms with Gasteiger partial charge in [0.25, 0.3) is 0 Å². The summed E-state index contributed by atoms with van der Waals surface area (Å²) in [4.78, 5) is 2.20. The predicted octanol–water partition coefficient (Wildman–Crippen LogP) is -0.0752. The zero-order valence-corrected chi connectivity index (χ0v) is 11.5. The van der Waals surface area contributed by atoms with Crippen LogP contribution in [0.25, 0.3) is 0 Å². The standard InChI is InChI=1S/C10H21N3OS2/c1-16(14)9-3-2-4-12-10(15)13-7-5-11-6-8-13/h11H,2-9H2,1H3,(H,12,15). The van der Waals surface area contributed by atoms with E-state index < -0.39 is 10.8 Å². The van der Waals surface area contributed by atoms with Crippen LogP contribution in [0.2, 0.25) is 0 Å². The minimum absolute atomic E-state index is 0.663. The Morgan fingerprint density at radius 3 is 2.75 bits per heavy atom. The molecule has 1 fully saturated rings. The first-order chi connectivity index (χ1) is 7.70. The summed E-state index contributed by atoms with van der Waals surface area (Å²) in [6.07, 6.45) is 3.78. The Bertz CT molecular complexity index is 242. The van der Waals surface area contributed by atoms with Crippen LogP contribution < -0.4 is 10.6 Å². The number of nitrogens with zero attached hydrogens (tertiary/aromatic N) is 1. The van der Waals surface area contributed by atoms with Crippen LogP contribution in [0.4, 0.5) is 0 Å². The number of thiocarbonyl (C=S) groups is 1. The molecular formula is C10H21N3OS2. The molecule has 1 atom stereocenters. The zero-order chi connectivity index (χ0) is 11.8. The Hall–Kier alpha value is -0.200.